The second-order valence-electron chi connectivity index (χ2n) is 5.28. The van der Waals surface area contributed by atoms with Crippen LogP contribution in [0, 0.1) is 0 Å². The van der Waals surface area contributed by atoms with Crippen LogP contribution in [-0.4, -0.2) is 34.0 Å². The number of carbonyl (C=O) groups excluding carboxylic acids is 1. The third-order valence-corrected chi connectivity index (χ3v) is 3.88. The Hall–Kier alpha value is -2.30. The van der Waals surface area contributed by atoms with Crippen molar-refractivity contribution in [3.05, 3.63) is 54.1 Å². The van der Waals surface area contributed by atoms with E-state index in [0.717, 1.165) is 37.2 Å². The predicted octanol–water partition coefficient (Wildman–Crippen LogP) is 2.50. The first-order valence-electron chi connectivity index (χ1n) is 7.42. The first-order chi connectivity index (χ1) is 10.3. The number of likely N-dealkylation sites (tertiary alicyclic amines) is 1. The zero-order valence-electron chi connectivity index (χ0n) is 12.0. The van der Waals surface area contributed by atoms with E-state index >= 15 is 0 Å². The molecule has 0 spiro atoms. The fourth-order valence-corrected chi connectivity index (χ4v) is 2.83. The van der Waals surface area contributed by atoms with Gasteiger partial charge in [-0.15, -0.1) is 0 Å². The molecule has 1 saturated heterocycles. The minimum absolute atomic E-state index is 0.0167. The molecule has 2 aromatic rings. The lowest BCUT2D eigenvalue weighted by atomic mass is 10.1. The van der Waals surface area contributed by atoms with Crippen LogP contribution in [0.15, 0.2) is 42.7 Å². The summed E-state index contributed by atoms with van der Waals surface area (Å²) in [6.45, 7) is 1.43. The van der Waals surface area contributed by atoms with E-state index < -0.39 is 0 Å². The van der Waals surface area contributed by atoms with Crippen LogP contribution in [0.2, 0.25) is 0 Å². The third kappa shape index (κ3) is 3.24. The molecular weight excluding hydrogens is 264 g/mol. The molecule has 2 aromatic heterocycles. The Morgan fingerprint density at radius 3 is 3.10 bits per heavy atom. The van der Waals surface area contributed by atoms with Gasteiger partial charge in [0.2, 0.25) is 0 Å². The topological polar surface area (TPSA) is 61.0 Å². The normalized spacial score (nSPS) is 17.9. The lowest BCUT2D eigenvalue weighted by molar-refractivity contribution is 0.192. The number of rotatable bonds is 4. The predicted molar refractivity (Wildman–Crippen MR) is 80.8 cm³/mol. The summed E-state index contributed by atoms with van der Waals surface area (Å²) in [6.07, 6.45) is 6.52. The number of carbonyl (C=O) groups is 1. The number of H-pyrrole nitrogens is 1. The smallest absolute Gasteiger partial charge is 0.317 e. The molecule has 3 heterocycles. The molecule has 1 aliphatic heterocycles. The van der Waals surface area contributed by atoms with E-state index in [2.05, 4.69) is 15.3 Å². The van der Waals surface area contributed by atoms with Gasteiger partial charge in [0.25, 0.3) is 0 Å². The second-order valence-corrected chi connectivity index (χ2v) is 5.28. The average molecular weight is 284 g/mol. The summed E-state index contributed by atoms with van der Waals surface area (Å²) in [7, 11) is 0. The molecule has 5 nitrogen and oxygen atoms in total. The van der Waals surface area contributed by atoms with E-state index in [1.165, 1.54) is 0 Å². The molecule has 0 saturated carbocycles. The Morgan fingerprint density at radius 1 is 1.38 bits per heavy atom. The molecule has 2 N–H and O–H groups in total. The average Bonchev–Trinajstić information content (AvgIpc) is 3.19. The summed E-state index contributed by atoms with van der Waals surface area (Å²) in [5.41, 5.74) is 2.12. The molecule has 0 radical (unpaired) electrons. The first kappa shape index (κ1) is 13.7. The fourth-order valence-electron chi connectivity index (χ4n) is 2.83. The van der Waals surface area contributed by atoms with E-state index in [1.54, 1.807) is 6.20 Å². The van der Waals surface area contributed by atoms with Gasteiger partial charge in [0.15, 0.2) is 0 Å². The van der Waals surface area contributed by atoms with Gasteiger partial charge in [0.1, 0.15) is 0 Å². The minimum Gasteiger partial charge on any atom is -0.363 e. The van der Waals surface area contributed by atoms with Crippen molar-refractivity contribution >= 4 is 6.03 Å². The maximum absolute atomic E-state index is 12.3. The summed E-state index contributed by atoms with van der Waals surface area (Å²) in [5, 5.41) is 3.00. The number of aromatic amines is 1. The van der Waals surface area contributed by atoms with Crippen LogP contribution in [0.3, 0.4) is 0 Å². The fraction of sp³-hybridized carbons (Fsp3) is 0.375. The van der Waals surface area contributed by atoms with Gasteiger partial charge in [-0.1, -0.05) is 6.07 Å². The number of amides is 2. The summed E-state index contributed by atoms with van der Waals surface area (Å²) in [4.78, 5) is 21.7. The van der Waals surface area contributed by atoms with Crippen molar-refractivity contribution in [3.63, 3.8) is 0 Å². The Bertz CT molecular complexity index is 567. The molecule has 21 heavy (non-hydrogen) atoms. The van der Waals surface area contributed by atoms with Crippen LogP contribution in [0.5, 0.6) is 0 Å². The molecule has 1 aliphatic rings. The van der Waals surface area contributed by atoms with Crippen molar-refractivity contribution in [1.29, 1.82) is 0 Å². The number of nitrogens with zero attached hydrogens (tertiary/aromatic N) is 2. The molecule has 2 amide bonds. The molecule has 0 bridgehead atoms. The van der Waals surface area contributed by atoms with Crippen molar-refractivity contribution in [2.75, 3.05) is 13.1 Å². The van der Waals surface area contributed by atoms with Crippen LogP contribution < -0.4 is 5.32 Å². The van der Waals surface area contributed by atoms with Gasteiger partial charge in [-0.25, -0.2) is 4.79 Å². The van der Waals surface area contributed by atoms with Gasteiger partial charge in [0.05, 0.1) is 6.04 Å². The highest BCUT2D eigenvalue weighted by atomic mass is 16.2. The maximum atomic E-state index is 12.3. The zero-order chi connectivity index (χ0) is 14.5. The number of hydrogen-bond acceptors (Lipinski definition) is 2. The highest BCUT2D eigenvalue weighted by Crippen LogP contribution is 2.30. The number of nitrogens with one attached hydrogen (secondary N) is 2. The summed E-state index contributed by atoms with van der Waals surface area (Å²) in [5.74, 6) is 0. The third-order valence-electron chi connectivity index (χ3n) is 3.88. The zero-order valence-corrected chi connectivity index (χ0v) is 12.0. The van der Waals surface area contributed by atoms with Crippen molar-refractivity contribution < 1.29 is 4.79 Å². The molecule has 1 fully saturated rings. The van der Waals surface area contributed by atoms with Crippen molar-refractivity contribution in [2.24, 2.45) is 0 Å². The molecule has 5 heteroatoms. The Balaban J connectivity index is 1.53. The van der Waals surface area contributed by atoms with E-state index in [0.29, 0.717) is 6.54 Å². The molecule has 0 aromatic carbocycles. The number of pyridine rings is 1. The summed E-state index contributed by atoms with van der Waals surface area (Å²) < 4.78 is 0. The van der Waals surface area contributed by atoms with Crippen LogP contribution in [0.1, 0.15) is 30.3 Å². The highest BCUT2D eigenvalue weighted by molar-refractivity contribution is 5.75. The summed E-state index contributed by atoms with van der Waals surface area (Å²) in [6, 6.07) is 10.1. The van der Waals surface area contributed by atoms with Gasteiger partial charge in [-0.2, -0.15) is 0 Å². The minimum atomic E-state index is 0.0167. The van der Waals surface area contributed by atoms with Gasteiger partial charge in [-0.05, 0) is 37.1 Å². The van der Waals surface area contributed by atoms with Crippen LogP contribution >= 0.6 is 0 Å². The highest BCUT2D eigenvalue weighted by Gasteiger charge is 2.30. The lowest BCUT2D eigenvalue weighted by Crippen LogP contribution is -2.40. The van der Waals surface area contributed by atoms with Gasteiger partial charge < -0.3 is 15.2 Å². The molecular formula is C16H20N4O. The molecule has 110 valence electrons. The van der Waals surface area contributed by atoms with Crippen molar-refractivity contribution in [2.45, 2.75) is 25.3 Å². The second kappa shape index (κ2) is 6.43. The van der Waals surface area contributed by atoms with Crippen molar-refractivity contribution in [3.8, 4) is 0 Å². The largest absolute Gasteiger partial charge is 0.363 e. The number of hydrogen-bond donors (Lipinski definition) is 2. The number of urea groups is 1. The molecule has 3 rings (SSSR count). The quantitative estimate of drug-likeness (QED) is 0.906. The lowest BCUT2D eigenvalue weighted by Gasteiger charge is -2.24. The molecule has 0 aliphatic carbocycles. The van der Waals surface area contributed by atoms with Gasteiger partial charge in [0, 0.05) is 43.3 Å². The Kier molecular flexibility index (Phi) is 4.19. The van der Waals surface area contributed by atoms with Crippen molar-refractivity contribution in [1.82, 2.24) is 20.2 Å². The van der Waals surface area contributed by atoms with Crippen LogP contribution in [0.25, 0.3) is 0 Å². The molecule has 0 unspecified atom stereocenters. The Morgan fingerprint density at radius 2 is 2.33 bits per heavy atom. The van der Waals surface area contributed by atoms with E-state index in [1.807, 2.05) is 41.4 Å². The first-order valence-corrected chi connectivity index (χ1v) is 7.42. The van der Waals surface area contributed by atoms with Gasteiger partial charge >= 0.3 is 6.03 Å². The van der Waals surface area contributed by atoms with E-state index in [4.69, 9.17) is 0 Å². The Labute approximate surface area is 124 Å². The standard InChI is InChI=1S/C16H20N4O/c21-16(19-11-8-13-5-1-2-9-17-13)20-12-4-7-15(20)14-6-3-10-18-14/h1-3,5-6,9-10,15,18H,4,7-8,11-12H2,(H,19,21)/t15-/m1/s1. The van der Waals surface area contributed by atoms with E-state index in [9.17, 15) is 4.79 Å². The SMILES string of the molecule is O=C(NCCc1ccccn1)N1CCC[C@@H]1c1ccc[nH]1. The van der Waals surface area contributed by atoms with Gasteiger partial charge in [-0.3, -0.25) is 4.98 Å². The molecule has 1 atom stereocenters. The van der Waals surface area contributed by atoms with E-state index in [-0.39, 0.29) is 12.1 Å². The van der Waals surface area contributed by atoms with Crippen LogP contribution in [0.4, 0.5) is 4.79 Å². The maximum Gasteiger partial charge on any atom is 0.317 e. The monoisotopic (exact) mass is 284 g/mol. The summed E-state index contributed by atoms with van der Waals surface area (Å²) >= 11 is 0. The van der Waals surface area contributed by atoms with Crippen LogP contribution in [-0.2, 0) is 6.42 Å². The number of aromatic nitrogens is 2.